The van der Waals surface area contributed by atoms with E-state index in [0.717, 1.165) is 5.92 Å². The molecule has 0 saturated heterocycles. The van der Waals surface area contributed by atoms with E-state index in [0.29, 0.717) is 6.04 Å². The van der Waals surface area contributed by atoms with Crippen LogP contribution in [0.5, 0.6) is 0 Å². The molecule has 0 aliphatic heterocycles. The molecule has 1 unspecified atom stereocenters. The van der Waals surface area contributed by atoms with Crippen molar-refractivity contribution in [2.45, 2.75) is 52.1 Å². The molecule has 0 aromatic rings. The average Bonchev–Trinajstić information content (AvgIpc) is 2.13. The standard InChI is InChI=1S/C12H28N2/c1-8-10(9-2)11(13-5)12(3,4)14(6)7/h10-11,13H,8-9H2,1-7H3. The highest BCUT2D eigenvalue weighted by molar-refractivity contribution is 4.94. The normalized spacial score (nSPS) is 15.2. The predicted octanol–water partition coefficient (Wildman–Crippen LogP) is 2.35. The maximum Gasteiger partial charge on any atom is 0.0302 e. The van der Waals surface area contributed by atoms with Crippen molar-refractivity contribution in [1.29, 1.82) is 0 Å². The third kappa shape index (κ3) is 2.96. The largest absolute Gasteiger partial charge is 0.315 e. The monoisotopic (exact) mass is 200 g/mol. The Kier molecular flexibility index (Phi) is 5.68. The van der Waals surface area contributed by atoms with Crippen LogP contribution in [0.4, 0.5) is 0 Å². The summed E-state index contributed by atoms with van der Waals surface area (Å²) in [6, 6.07) is 0.562. The summed E-state index contributed by atoms with van der Waals surface area (Å²) in [5.41, 5.74) is 0.214. The fourth-order valence-electron chi connectivity index (χ4n) is 2.20. The first-order chi connectivity index (χ1) is 6.41. The van der Waals surface area contributed by atoms with Crippen LogP contribution in [0.25, 0.3) is 0 Å². The smallest absolute Gasteiger partial charge is 0.0302 e. The molecule has 0 saturated carbocycles. The Morgan fingerprint density at radius 2 is 1.57 bits per heavy atom. The minimum atomic E-state index is 0.214. The van der Waals surface area contributed by atoms with Gasteiger partial charge in [0, 0.05) is 11.6 Å². The van der Waals surface area contributed by atoms with Gasteiger partial charge in [-0.2, -0.15) is 0 Å². The number of rotatable bonds is 6. The van der Waals surface area contributed by atoms with Crippen molar-refractivity contribution in [2.75, 3.05) is 21.1 Å². The van der Waals surface area contributed by atoms with Crippen LogP contribution in [-0.2, 0) is 0 Å². The second kappa shape index (κ2) is 5.72. The maximum absolute atomic E-state index is 3.48. The number of nitrogens with one attached hydrogen (secondary N) is 1. The van der Waals surface area contributed by atoms with Crippen LogP contribution in [-0.4, -0.2) is 37.6 Å². The lowest BCUT2D eigenvalue weighted by molar-refractivity contribution is 0.103. The van der Waals surface area contributed by atoms with Crippen molar-refractivity contribution in [3.8, 4) is 0 Å². The van der Waals surface area contributed by atoms with Gasteiger partial charge < -0.3 is 10.2 Å². The average molecular weight is 200 g/mol. The molecule has 0 heterocycles. The van der Waals surface area contributed by atoms with Gasteiger partial charge in [-0.3, -0.25) is 0 Å². The van der Waals surface area contributed by atoms with Gasteiger partial charge in [-0.25, -0.2) is 0 Å². The second-order valence-corrected chi connectivity index (χ2v) is 4.89. The van der Waals surface area contributed by atoms with E-state index in [4.69, 9.17) is 0 Å². The number of hydrogen-bond acceptors (Lipinski definition) is 2. The van der Waals surface area contributed by atoms with Crippen LogP contribution in [0.2, 0.25) is 0 Å². The first kappa shape index (κ1) is 13.9. The van der Waals surface area contributed by atoms with E-state index in [9.17, 15) is 0 Å². The molecule has 0 aromatic carbocycles. The molecule has 1 atom stereocenters. The van der Waals surface area contributed by atoms with Gasteiger partial charge in [0.25, 0.3) is 0 Å². The van der Waals surface area contributed by atoms with E-state index in [1.165, 1.54) is 12.8 Å². The van der Waals surface area contributed by atoms with Gasteiger partial charge in [0.1, 0.15) is 0 Å². The molecule has 0 spiro atoms. The molecule has 0 aromatic heterocycles. The van der Waals surface area contributed by atoms with Crippen LogP contribution < -0.4 is 5.32 Å². The molecule has 0 fully saturated rings. The Hall–Kier alpha value is -0.0800. The van der Waals surface area contributed by atoms with Gasteiger partial charge in [-0.15, -0.1) is 0 Å². The number of hydrogen-bond donors (Lipinski definition) is 1. The highest BCUT2D eigenvalue weighted by atomic mass is 15.2. The Balaban J connectivity index is 4.68. The molecule has 0 bridgehead atoms. The number of nitrogens with zero attached hydrogens (tertiary/aromatic N) is 1. The zero-order chi connectivity index (χ0) is 11.4. The zero-order valence-electron chi connectivity index (χ0n) is 11.0. The van der Waals surface area contributed by atoms with Gasteiger partial charge >= 0.3 is 0 Å². The van der Waals surface area contributed by atoms with Crippen molar-refractivity contribution in [2.24, 2.45) is 5.92 Å². The molecule has 2 nitrogen and oxygen atoms in total. The molecule has 14 heavy (non-hydrogen) atoms. The van der Waals surface area contributed by atoms with Crippen LogP contribution in [0.3, 0.4) is 0 Å². The fraction of sp³-hybridized carbons (Fsp3) is 1.00. The summed E-state index contributed by atoms with van der Waals surface area (Å²) >= 11 is 0. The third-order valence-electron chi connectivity index (χ3n) is 3.74. The van der Waals surface area contributed by atoms with Gasteiger partial charge in [0.15, 0.2) is 0 Å². The first-order valence-electron chi connectivity index (χ1n) is 5.76. The van der Waals surface area contributed by atoms with Gasteiger partial charge in [0.05, 0.1) is 0 Å². The summed E-state index contributed by atoms with van der Waals surface area (Å²) in [7, 11) is 6.40. The van der Waals surface area contributed by atoms with E-state index < -0.39 is 0 Å². The molecule has 0 rings (SSSR count). The second-order valence-electron chi connectivity index (χ2n) is 4.89. The lowest BCUT2D eigenvalue weighted by Crippen LogP contribution is -2.57. The van der Waals surface area contributed by atoms with E-state index in [-0.39, 0.29) is 5.54 Å². The predicted molar refractivity (Wildman–Crippen MR) is 64.7 cm³/mol. The van der Waals surface area contributed by atoms with E-state index in [1.807, 2.05) is 0 Å². The van der Waals surface area contributed by atoms with Gasteiger partial charge in [-0.05, 0) is 40.9 Å². The maximum atomic E-state index is 3.48. The Labute approximate surface area is 90.1 Å². The molecule has 0 amide bonds. The molecular formula is C12H28N2. The summed E-state index contributed by atoms with van der Waals surface area (Å²) in [5, 5.41) is 3.48. The first-order valence-corrected chi connectivity index (χ1v) is 5.76. The zero-order valence-corrected chi connectivity index (χ0v) is 11.0. The van der Waals surface area contributed by atoms with E-state index >= 15 is 0 Å². The lowest BCUT2D eigenvalue weighted by Gasteiger charge is -2.43. The van der Waals surface area contributed by atoms with Crippen molar-refractivity contribution < 1.29 is 0 Å². The Morgan fingerprint density at radius 1 is 1.14 bits per heavy atom. The molecule has 0 aliphatic carbocycles. The summed E-state index contributed by atoms with van der Waals surface area (Å²) in [6.45, 7) is 9.19. The van der Waals surface area contributed by atoms with Crippen molar-refractivity contribution >= 4 is 0 Å². The summed E-state index contributed by atoms with van der Waals surface area (Å²) in [4.78, 5) is 2.31. The van der Waals surface area contributed by atoms with Crippen LogP contribution >= 0.6 is 0 Å². The van der Waals surface area contributed by atoms with E-state index in [2.05, 4.69) is 59.1 Å². The molecular weight excluding hydrogens is 172 g/mol. The minimum absolute atomic E-state index is 0.214. The fourth-order valence-corrected chi connectivity index (χ4v) is 2.20. The molecule has 86 valence electrons. The number of likely N-dealkylation sites (N-methyl/N-ethyl adjacent to an activating group) is 2. The molecule has 0 radical (unpaired) electrons. The highest BCUT2D eigenvalue weighted by Crippen LogP contribution is 2.25. The summed E-state index contributed by atoms with van der Waals surface area (Å²) in [5.74, 6) is 0.761. The van der Waals surface area contributed by atoms with Crippen LogP contribution in [0, 0.1) is 5.92 Å². The third-order valence-corrected chi connectivity index (χ3v) is 3.74. The minimum Gasteiger partial charge on any atom is -0.315 e. The highest BCUT2D eigenvalue weighted by Gasteiger charge is 2.34. The Bertz CT molecular complexity index is 148. The summed E-state index contributed by atoms with van der Waals surface area (Å²) in [6.07, 6.45) is 2.50. The van der Waals surface area contributed by atoms with Crippen molar-refractivity contribution in [3.63, 3.8) is 0 Å². The van der Waals surface area contributed by atoms with Crippen molar-refractivity contribution in [1.82, 2.24) is 10.2 Å². The van der Waals surface area contributed by atoms with Gasteiger partial charge in [0.2, 0.25) is 0 Å². The quantitative estimate of drug-likeness (QED) is 0.708. The topological polar surface area (TPSA) is 15.3 Å². The van der Waals surface area contributed by atoms with Crippen LogP contribution in [0.1, 0.15) is 40.5 Å². The van der Waals surface area contributed by atoms with E-state index in [1.54, 1.807) is 0 Å². The van der Waals surface area contributed by atoms with Gasteiger partial charge in [-0.1, -0.05) is 26.7 Å². The van der Waals surface area contributed by atoms with Crippen molar-refractivity contribution in [3.05, 3.63) is 0 Å². The molecule has 1 N–H and O–H groups in total. The molecule has 0 aliphatic rings. The molecule has 2 heteroatoms. The Morgan fingerprint density at radius 3 is 1.79 bits per heavy atom. The lowest BCUT2D eigenvalue weighted by atomic mass is 9.81. The summed E-state index contributed by atoms with van der Waals surface area (Å²) < 4.78 is 0. The van der Waals surface area contributed by atoms with Crippen LogP contribution in [0.15, 0.2) is 0 Å². The SMILES string of the molecule is CCC(CC)C(NC)C(C)(C)N(C)C.